The van der Waals surface area contributed by atoms with Crippen molar-refractivity contribution in [2.75, 3.05) is 7.05 Å². The molecule has 0 aromatic heterocycles. The van der Waals surface area contributed by atoms with Crippen molar-refractivity contribution in [3.8, 4) is 11.5 Å². The van der Waals surface area contributed by atoms with Gasteiger partial charge in [0.25, 0.3) is 0 Å². The number of hydroxylamine groups is 1. The highest BCUT2D eigenvalue weighted by atomic mass is 16.7. The first-order valence-electron chi connectivity index (χ1n) is 4.94. The third-order valence-corrected chi connectivity index (χ3v) is 1.84. The zero-order valence-corrected chi connectivity index (χ0v) is 9.27. The summed E-state index contributed by atoms with van der Waals surface area (Å²) in [6, 6.07) is 6.31. The lowest BCUT2D eigenvalue weighted by Crippen LogP contribution is -2.22. The Hall–Kier alpha value is -1.75. The molecule has 0 fully saturated rings. The number of hydrogen-bond donors (Lipinski definition) is 2. The van der Waals surface area contributed by atoms with Crippen LogP contribution in [0, 0.1) is 0 Å². The van der Waals surface area contributed by atoms with Crippen LogP contribution in [0.3, 0.4) is 0 Å². The summed E-state index contributed by atoms with van der Waals surface area (Å²) in [4.78, 5) is 15.7. The Bertz CT molecular complexity index is 336. The van der Waals surface area contributed by atoms with Crippen molar-refractivity contribution in [2.24, 2.45) is 0 Å². The first-order valence-corrected chi connectivity index (χ1v) is 4.94. The van der Waals surface area contributed by atoms with E-state index < -0.39 is 0 Å². The number of ether oxygens (including phenoxy) is 1. The number of phenols is 1. The van der Waals surface area contributed by atoms with Crippen molar-refractivity contribution in [1.82, 2.24) is 5.48 Å². The molecule has 2 N–H and O–H groups in total. The molecular formula is C11H15NO4. The fraction of sp³-hybridized carbons (Fsp3) is 0.364. The van der Waals surface area contributed by atoms with Crippen molar-refractivity contribution in [1.29, 1.82) is 0 Å². The van der Waals surface area contributed by atoms with E-state index in [2.05, 4.69) is 10.3 Å². The molecule has 1 atom stereocenters. The van der Waals surface area contributed by atoms with Crippen LogP contribution in [0.2, 0.25) is 0 Å². The smallest absolute Gasteiger partial charge is 0.328 e. The first kappa shape index (κ1) is 12.3. The molecule has 1 unspecified atom stereocenters. The fourth-order valence-electron chi connectivity index (χ4n) is 1.19. The summed E-state index contributed by atoms with van der Waals surface area (Å²) in [6.45, 7) is 1.77. The van der Waals surface area contributed by atoms with E-state index in [1.807, 2.05) is 0 Å². The van der Waals surface area contributed by atoms with Crippen LogP contribution in [0.1, 0.15) is 13.3 Å². The van der Waals surface area contributed by atoms with Crippen LogP contribution >= 0.6 is 0 Å². The predicted octanol–water partition coefficient (Wildman–Crippen LogP) is 1.23. The van der Waals surface area contributed by atoms with Crippen molar-refractivity contribution in [2.45, 2.75) is 19.4 Å². The van der Waals surface area contributed by atoms with E-state index in [9.17, 15) is 4.79 Å². The van der Waals surface area contributed by atoms with Crippen LogP contribution < -0.4 is 10.2 Å². The molecule has 1 rings (SSSR count). The average Bonchev–Trinajstić information content (AvgIpc) is 2.21. The average molecular weight is 225 g/mol. The highest BCUT2D eigenvalue weighted by molar-refractivity contribution is 5.69. The summed E-state index contributed by atoms with van der Waals surface area (Å²) in [7, 11) is 1.52. The Labute approximate surface area is 93.9 Å². The topological polar surface area (TPSA) is 67.8 Å². The van der Waals surface area contributed by atoms with Crippen LogP contribution in [-0.4, -0.2) is 24.2 Å². The molecule has 1 aromatic carbocycles. The molecule has 16 heavy (non-hydrogen) atoms. The molecule has 0 saturated heterocycles. The van der Waals surface area contributed by atoms with Crippen molar-refractivity contribution >= 4 is 5.97 Å². The third kappa shape index (κ3) is 4.18. The van der Waals surface area contributed by atoms with E-state index in [1.165, 1.54) is 19.2 Å². The molecule has 88 valence electrons. The van der Waals surface area contributed by atoms with E-state index >= 15 is 0 Å². The molecule has 0 aliphatic heterocycles. The number of hydrogen-bond acceptors (Lipinski definition) is 5. The summed E-state index contributed by atoms with van der Waals surface area (Å²) in [5, 5.41) is 9.07. The Morgan fingerprint density at radius 2 is 2.06 bits per heavy atom. The molecule has 0 bridgehead atoms. The quantitative estimate of drug-likeness (QED) is 0.738. The van der Waals surface area contributed by atoms with Gasteiger partial charge in [-0.15, -0.1) is 0 Å². The highest BCUT2D eigenvalue weighted by Crippen LogP contribution is 2.17. The van der Waals surface area contributed by atoms with Gasteiger partial charge in [0, 0.05) is 7.05 Å². The van der Waals surface area contributed by atoms with Gasteiger partial charge in [-0.25, -0.2) is 0 Å². The van der Waals surface area contributed by atoms with Crippen LogP contribution in [0.5, 0.6) is 11.5 Å². The Balaban J connectivity index is 2.42. The van der Waals surface area contributed by atoms with Gasteiger partial charge in [-0.3, -0.25) is 4.79 Å². The number of aromatic hydroxyl groups is 1. The van der Waals surface area contributed by atoms with E-state index in [0.717, 1.165) is 0 Å². The molecule has 5 nitrogen and oxygen atoms in total. The normalized spacial score (nSPS) is 11.9. The van der Waals surface area contributed by atoms with Crippen LogP contribution in [0.15, 0.2) is 24.3 Å². The minimum absolute atomic E-state index is 0.154. The first-order chi connectivity index (χ1) is 7.61. The van der Waals surface area contributed by atoms with Crippen LogP contribution in [-0.2, 0) is 9.63 Å². The van der Waals surface area contributed by atoms with E-state index in [4.69, 9.17) is 9.84 Å². The second kappa shape index (κ2) is 5.97. The van der Waals surface area contributed by atoms with Gasteiger partial charge in [0.1, 0.15) is 17.6 Å². The predicted molar refractivity (Wildman–Crippen MR) is 58.0 cm³/mol. The molecule has 0 spiro atoms. The molecule has 0 heterocycles. The number of phenolic OH excluding ortho intramolecular Hbond substituents is 1. The van der Waals surface area contributed by atoms with Crippen molar-refractivity contribution < 1.29 is 19.5 Å². The second-order valence-electron chi connectivity index (χ2n) is 3.30. The second-order valence-corrected chi connectivity index (χ2v) is 3.30. The molecule has 0 aliphatic rings. The molecule has 5 heteroatoms. The maximum atomic E-state index is 11.1. The van der Waals surface area contributed by atoms with Crippen molar-refractivity contribution in [3.63, 3.8) is 0 Å². The van der Waals surface area contributed by atoms with Crippen LogP contribution in [0.25, 0.3) is 0 Å². The van der Waals surface area contributed by atoms with Crippen LogP contribution in [0.4, 0.5) is 0 Å². The third-order valence-electron chi connectivity index (χ3n) is 1.84. The summed E-state index contributed by atoms with van der Waals surface area (Å²) >= 11 is 0. The van der Waals surface area contributed by atoms with Crippen molar-refractivity contribution in [3.05, 3.63) is 24.3 Å². The van der Waals surface area contributed by atoms with Gasteiger partial charge in [-0.2, -0.15) is 5.48 Å². The zero-order chi connectivity index (χ0) is 12.0. The Kier molecular flexibility index (Phi) is 4.60. The molecule has 0 saturated carbocycles. The largest absolute Gasteiger partial charge is 0.508 e. The lowest BCUT2D eigenvalue weighted by molar-refractivity contribution is -0.151. The lowest BCUT2D eigenvalue weighted by atomic mass is 10.3. The summed E-state index contributed by atoms with van der Waals surface area (Å²) in [5.74, 6) is 0.394. The standard InChI is InChI=1S/C11H15NO4/c1-8(7-11(14)16-12-2)15-10-5-3-9(13)4-6-10/h3-6,8,12-13H,7H2,1-2H3. The summed E-state index contributed by atoms with van der Waals surface area (Å²) < 4.78 is 5.45. The number of carbonyl (C=O) groups excluding carboxylic acids is 1. The van der Waals surface area contributed by atoms with Gasteiger partial charge in [0.2, 0.25) is 0 Å². The minimum atomic E-state index is -0.381. The van der Waals surface area contributed by atoms with Gasteiger partial charge < -0.3 is 14.7 Å². The maximum absolute atomic E-state index is 11.1. The van der Waals surface area contributed by atoms with Gasteiger partial charge in [-0.05, 0) is 31.2 Å². The van der Waals surface area contributed by atoms with E-state index in [1.54, 1.807) is 19.1 Å². The fourth-order valence-corrected chi connectivity index (χ4v) is 1.19. The summed E-state index contributed by atoms with van der Waals surface area (Å²) in [6.07, 6.45) is -0.132. The molecule has 0 radical (unpaired) electrons. The van der Waals surface area contributed by atoms with Gasteiger partial charge in [0.15, 0.2) is 0 Å². The van der Waals surface area contributed by atoms with Gasteiger partial charge >= 0.3 is 5.97 Å². The zero-order valence-electron chi connectivity index (χ0n) is 9.27. The number of nitrogens with one attached hydrogen (secondary N) is 1. The number of carbonyl (C=O) groups is 1. The monoisotopic (exact) mass is 225 g/mol. The van der Waals surface area contributed by atoms with E-state index in [-0.39, 0.29) is 24.2 Å². The molecular weight excluding hydrogens is 210 g/mol. The lowest BCUT2D eigenvalue weighted by Gasteiger charge is -2.13. The van der Waals surface area contributed by atoms with Gasteiger partial charge in [0.05, 0.1) is 6.42 Å². The minimum Gasteiger partial charge on any atom is -0.508 e. The molecule has 1 aromatic rings. The highest BCUT2D eigenvalue weighted by Gasteiger charge is 2.11. The summed E-state index contributed by atoms with van der Waals surface area (Å²) in [5.41, 5.74) is 2.31. The van der Waals surface area contributed by atoms with Gasteiger partial charge in [-0.1, -0.05) is 0 Å². The number of rotatable bonds is 5. The van der Waals surface area contributed by atoms with E-state index in [0.29, 0.717) is 5.75 Å². The Morgan fingerprint density at radius 1 is 1.44 bits per heavy atom. The molecule has 0 amide bonds. The SMILES string of the molecule is CNOC(=O)CC(C)Oc1ccc(O)cc1. The number of benzene rings is 1. The maximum Gasteiger partial charge on any atom is 0.328 e. The molecule has 0 aliphatic carbocycles. The Morgan fingerprint density at radius 3 is 2.62 bits per heavy atom.